The molecule has 4 atom stereocenters. The van der Waals surface area contributed by atoms with Crippen LogP contribution < -0.4 is 9.64 Å². The highest BCUT2D eigenvalue weighted by Gasteiger charge is 2.65. The van der Waals surface area contributed by atoms with Crippen molar-refractivity contribution in [3.05, 3.63) is 58.3 Å². The molecule has 1 saturated carbocycles. The fourth-order valence-corrected chi connectivity index (χ4v) is 8.99. The first-order chi connectivity index (χ1) is 24.3. The van der Waals surface area contributed by atoms with Crippen molar-refractivity contribution in [2.45, 2.75) is 107 Å². The highest BCUT2D eigenvalue weighted by molar-refractivity contribution is 6.31. The zero-order valence-corrected chi connectivity index (χ0v) is 29.9. The molecule has 1 unspecified atom stereocenters. The van der Waals surface area contributed by atoms with Gasteiger partial charge in [-0.05, 0) is 63.6 Å². The Morgan fingerprint density at radius 2 is 1.90 bits per heavy atom. The van der Waals surface area contributed by atoms with E-state index in [4.69, 9.17) is 30.8 Å². The van der Waals surface area contributed by atoms with Gasteiger partial charge in [-0.3, -0.25) is 4.90 Å². The summed E-state index contributed by atoms with van der Waals surface area (Å²) in [6.45, 7) is 9.47. The van der Waals surface area contributed by atoms with Crippen molar-refractivity contribution in [3.63, 3.8) is 0 Å². The van der Waals surface area contributed by atoms with Crippen molar-refractivity contribution in [2.24, 2.45) is 0 Å². The van der Waals surface area contributed by atoms with Crippen LogP contribution >= 0.6 is 11.6 Å². The Bertz CT molecular complexity index is 1780. The van der Waals surface area contributed by atoms with Gasteiger partial charge in [0.15, 0.2) is 6.17 Å². The van der Waals surface area contributed by atoms with Gasteiger partial charge in [-0.25, -0.2) is 18.4 Å². The van der Waals surface area contributed by atoms with Crippen molar-refractivity contribution in [3.8, 4) is 12.1 Å². The average Bonchev–Trinajstić information content (AvgIpc) is 3.69. The lowest BCUT2D eigenvalue weighted by atomic mass is 9.68. The molecule has 6 aliphatic rings. The van der Waals surface area contributed by atoms with E-state index in [2.05, 4.69) is 17.6 Å². The van der Waals surface area contributed by atoms with E-state index in [1.165, 1.54) is 15.9 Å². The minimum atomic E-state index is -1.64. The Morgan fingerprint density at radius 3 is 2.61 bits per heavy atom. The Morgan fingerprint density at radius 1 is 1.16 bits per heavy atom. The number of anilines is 1. The zero-order chi connectivity index (χ0) is 36.3. The molecule has 11 nitrogen and oxygen atoms in total. The number of hydrogen-bond acceptors (Lipinski definition) is 9. The van der Waals surface area contributed by atoms with Gasteiger partial charge in [-0.2, -0.15) is 15.2 Å². The molecule has 272 valence electrons. The number of rotatable bonds is 7. The normalized spacial score (nSPS) is 29.2. The summed E-state index contributed by atoms with van der Waals surface area (Å²) in [7, 11) is 0. The number of fused-ring (bicyclic) bond motifs is 4. The third-order valence-corrected chi connectivity index (χ3v) is 11.5. The summed E-state index contributed by atoms with van der Waals surface area (Å²) < 4.78 is 50.3. The third-order valence-electron chi connectivity index (χ3n) is 11.1. The summed E-state index contributed by atoms with van der Waals surface area (Å²) in [5.41, 5.74) is -0.570. The van der Waals surface area contributed by atoms with E-state index in [9.17, 15) is 14.9 Å². The lowest BCUT2D eigenvalue weighted by Crippen LogP contribution is -2.56. The van der Waals surface area contributed by atoms with E-state index < -0.39 is 47.1 Å². The van der Waals surface area contributed by atoms with Gasteiger partial charge in [0.05, 0.1) is 24.2 Å². The average molecular weight is 725 g/mol. The highest BCUT2D eigenvalue weighted by atomic mass is 35.5. The minimum Gasteiger partial charge on any atom is -0.461 e. The van der Waals surface area contributed by atoms with Crippen LogP contribution in [0.5, 0.6) is 6.01 Å². The molecule has 0 N–H and O–H groups in total. The summed E-state index contributed by atoms with van der Waals surface area (Å²) >= 11 is 6.57. The van der Waals surface area contributed by atoms with E-state index >= 15 is 8.78 Å². The maximum absolute atomic E-state index is 17.3. The van der Waals surface area contributed by atoms with Crippen LogP contribution in [-0.4, -0.2) is 94.2 Å². The number of aromatic nitrogens is 2. The van der Waals surface area contributed by atoms with Crippen LogP contribution in [0.2, 0.25) is 5.02 Å². The number of hydrogen-bond donors (Lipinski definition) is 0. The van der Waals surface area contributed by atoms with E-state index in [-0.39, 0.29) is 63.3 Å². The Balaban J connectivity index is 1.22. The maximum atomic E-state index is 17.3. The van der Waals surface area contributed by atoms with Gasteiger partial charge >= 0.3 is 18.2 Å². The van der Waals surface area contributed by atoms with Crippen molar-refractivity contribution in [1.82, 2.24) is 19.8 Å². The number of nitrogens with zero attached hydrogens (tertiary/aromatic N) is 6. The van der Waals surface area contributed by atoms with Crippen LogP contribution in [0.3, 0.4) is 0 Å². The van der Waals surface area contributed by atoms with E-state index in [1.54, 1.807) is 20.8 Å². The Labute approximate surface area is 301 Å². The first kappa shape index (κ1) is 35.2. The fourth-order valence-electron chi connectivity index (χ4n) is 8.72. The van der Waals surface area contributed by atoms with E-state index in [0.717, 1.165) is 11.1 Å². The molecular weight excluding hydrogens is 682 g/mol. The standard InChI is InChI=1S/C37H43ClF2N6O5/c1-5-17-49-33(47)45-16-15-44(20-22(45)11-14-41)31-25-10-13-36(12-9-24-26(36)7-6-8-27(24)38)30(39)29(25)42-32(43-31)50-21-28-37(40)18-23(19-37)46(28)34(48)51-35(2,3)4/h5-8,22-23,28,30H,1,9-13,15-21H2,2-4H3/t22-,23?,28?,30-,36+,37?/m0/s1. The van der Waals surface area contributed by atoms with Crippen LogP contribution in [0.15, 0.2) is 30.9 Å². The molecule has 2 aromatic rings. The second kappa shape index (κ2) is 13.1. The van der Waals surface area contributed by atoms with E-state index in [0.29, 0.717) is 48.6 Å². The van der Waals surface area contributed by atoms with Crippen molar-refractivity contribution in [2.75, 3.05) is 37.7 Å². The summed E-state index contributed by atoms with van der Waals surface area (Å²) in [4.78, 5) is 40.4. The quantitative estimate of drug-likeness (QED) is 0.292. The molecule has 1 aromatic heterocycles. The topological polar surface area (TPSA) is 121 Å². The van der Waals surface area contributed by atoms with Gasteiger partial charge in [-0.1, -0.05) is 36.4 Å². The second-order valence-electron chi connectivity index (χ2n) is 15.3. The maximum Gasteiger partial charge on any atom is 0.411 e. The largest absolute Gasteiger partial charge is 0.461 e. The summed E-state index contributed by atoms with van der Waals surface area (Å²) in [5, 5.41) is 10.3. The highest BCUT2D eigenvalue weighted by Crippen LogP contribution is 2.57. The Kier molecular flexibility index (Phi) is 9.05. The van der Waals surface area contributed by atoms with Gasteiger partial charge in [0.2, 0.25) is 0 Å². The molecule has 3 aliphatic carbocycles. The first-order valence-corrected chi connectivity index (χ1v) is 18.0. The number of piperazine rings is 1. The molecule has 3 saturated heterocycles. The molecule has 14 heteroatoms. The predicted octanol–water partition coefficient (Wildman–Crippen LogP) is 6.57. The number of benzene rings is 1. The molecule has 2 bridgehead atoms. The molecule has 0 radical (unpaired) electrons. The van der Waals surface area contributed by atoms with Crippen LogP contribution in [0.1, 0.15) is 81.4 Å². The summed E-state index contributed by atoms with van der Waals surface area (Å²) in [6.07, 6.45) is 1.44. The molecular formula is C37H43ClF2N6O5. The lowest BCUT2D eigenvalue weighted by molar-refractivity contribution is 0.0136. The van der Waals surface area contributed by atoms with Crippen molar-refractivity contribution < 1.29 is 32.6 Å². The van der Waals surface area contributed by atoms with Crippen LogP contribution in [0.25, 0.3) is 0 Å². The number of amides is 2. The van der Waals surface area contributed by atoms with Gasteiger partial charge in [-0.15, -0.1) is 0 Å². The Hall–Kier alpha value is -4.18. The number of nitriles is 1. The zero-order valence-electron chi connectivity index (χ0n) is 29.2. The number of ether oxygens (including phenoxy) is 3. The molecule has 8 rings (SSSR count). The first-order valence-electron chi connectivity index (χ1n) is 17.6. The molecule has 2 amide bonds. The van der Waals surface area contributed by atoms with Crippen molar-refractivity contribution in [1.29, 1.82) is 5.26 Å². The monoisotopic (exact) mass is 724 g/mol. The second-order valence-corrected chi connectivity index (χ2v) is 15.7. The molecule has 4 heterocycles. The molecule has 51 heavy (non-hydrogen) atoms. The molecule has 3 aliphatic heterocycles. The minimum absolute atomic E-state index is 0.0413. The number of alkyl halides is 2. The van der Waals surface area contributed by atoms with Gasteiger partial charge < -0.3 is 24.0 Å². The smallest absolute Gasteiger partial charge is 0.411 e. The number of carbonyl (C=O) groups excluding carboxylic acids is 2. The van der Waals surface area contributed by atoms with Crippen molar-refractivity contribution >= 4 is 29.6 Å². The van der Waals surface area contributed by atoms with Gasteiger partial charge in [0.25, 0.3) is 0 Å². The molecule has 1 aromatic carbocycles. The molecule has 1 spiro atoms. The number of carbonyl (C=O) groups is 2. The van der Waals surface area contributed by atoms with Gasteiger partial charge in [0, 0.05) is 54.5 Å². The van der Waals surface area contributed by atoms with Crippen LogP contribution in [-0.2, 0) is 27.7 Å². The molecule has 4 fully saturated rings. The fraction of sp³-hybridized carbons (Fsp3) is 0.595. The number of halogens is 3. The summed E-state index contributed by atoms with van der Waals surface area (Å²) in [6, 6.07) is 5.91. The predicted molar refractivity (Wildman–Crippen MR) is 184 cm³/mol. The van der Waals surface area contributed by atoms with Crippen LogP contribution in [0, 0.1) is 11.3 Å². The SMILES string of the molecule is C=CCOC(=O)N1CCN(c2nc(OCC3N(C(=O)OC(C)(C)C)C4CC3(F)C4)nc3c2CC[C@@]2(CCc4c(Cl)cccc42)[C@H]3F)C[C@@H]1CC#N. The van der Waals surface area contributed by atoms with Gasteiger partial charge in [0.1, 0.15) is 36.3 Å². The lowest BCUT2D eigenvalue weighted by Gasteiger charge is -2.43. The van der Waals surface area contributed by atoms with Crippen LogP contribution in [0.4, 0.5) is 24.2 Å². The third kappa shape index (κ3) is 6.13. The van der Waals surface area contributed by atoms with E-state index in [1.807, 2.05) is 23.1 Å². The summed E-state index contributed by atoms with van der Waals surface area (Å²) in [5.74, 6) is 0.452.